The number of carboxylic acids is 1. The molecule has 4 aromatic rings. The minimum atomic E-state index is -1.10. The maximum Gasteiger partial charge on any atom is 0.305 e. The summed E-state index contributed by atoms with van der Waals surface area (Å²) in [6, 6.07) is 11.1. The number of pyridine rings is 2. The lowest BCUT2D eigenvalue weighted by molar-refractivity contribution is -0.137. The molecular weight excluding hydrogens is 470 g/mol. The van der Waals surface area contributed by atoms with Crippen molar-refractivity contribution < 1.29 is 19.7 Å². The van der Waals surface area contributed by atoms with E-state index in [1.165, 1.54) is 5.56 Å². The van der Waals surface area contributed by atoms with Crippen molar-refractivity contribution in [1.82, 2.24) is 19.7 Å². The number of carboxylic acid groups (broad SMARTS) is 1. The maximum atomic E-state index is 11.7. The zero-order valence-electron chi connectivity index (χ0n) is 21.0. The third-order valence-corrected chi connectivity index (χ3v) is 6.66. The minimum Gasteiger partial charge on any atom is -0.493 e. The Morgan fingerprint density at radius 1 is 1.19 bits per heavy atom. The molecule has 192 valence electrons. The number of benzene rings is 1. The van der Waals surface area contributed by atoms with Crippen LogP contribution < -0.4 is 10.1 Å². The summed E-state index contributed by atoms with van der Waals surface area (Å²) in [4.78, 5) is 20.7. The van der Waals surface area contributed by atoms with Crippen LogP contribution in [0.4, 0.5) is 5.82 Å². The molecule has 0 radical (unpaired) electrons. The highest BCUT2D eigenvalue weighted by Gasteiger charge is 2.24. The Morgan fingerprint density at radius 3 is 2.86 bits per heavy atom. The lowest BCUT2D eigenvalue weighted by Gasteiger charge is -2.21. The second-order valence-corrected chi connectivity index (χ2v) is 9.93. The Morgan fingerprint density at radius 2 is 2.05 bits per heavy atom. The lowest BCUT2D eigenvalue weighted by atomic mass is 9.96. The van der Waals surface area contributed by atoms with Gasteiger partial charge >= 0.3 is 5.97 Å². The molecule has 3 aromatic heterocycles. The Labute approximate surface area is 215 Å². The third-order valence-electron chi connectivity index (χ3n) is 6.66. The Hall–Kier alpha value is -3.98. The molecule has 9 nitrogen and oxygen atoms in total. The largest absolute Gasteiger partial charge is 0.493 e. The Bertz CT molecular complexity index is 1430. The second-order valence-electron chi connectivity index (χ2n) is 9.93. The molecule has 0 saturated heterocycles. The van der Waals surface area contributed by atoms with E-state index in [0.717, 1.165) is 41.8 Å². The highest BCUT2D eigenvalue weighted by atomic mass is 16.5. The molecule has 0 aliphatic carbocycles. The van der Waals surface area contributed by atoms with E-state index >= 15 is 0 Å². The van der Waals surface area contributed by atoms with Crippen LogP contribution in [-0.4, -0.2) is 49.1 Å². The number of nitrogens with one attached hydrogen (secondary N) is 1. The van der Waals surface area contributed by atoms with Crippen molar-refractivity contribution in [3.05, 3.63) is 77.4 Å². The smallest absolute Gasteiger partial charge is 0.305 e. The molecule has 0 amide bonds. The molecule has 9 heteroatoms. The monoisotopic (exact) mass is 501 g/mol. The van der Waals surface area contributed by atoms with Gasteiger partial charge in [-0.25, -0.2) is 4.98 Å². The summed E-state index contributed by atoms with van der Waals surface area (Å²) in [6.45, 7) is 4.79. The van der Waals surface area contributed by atoms with Gasteiger partial charge in [-0.2, -0.15) is 5.10 Å². The van der Waals surface area contributed by atoms with Crippen LogP contribution in [0.15, 0.2) is 55.0 Å². The fourth-order valence-corrected chi connectivity index (χ4v) is 4.64. The summed E-state index contributed by atoms with van der Waals surface area (Å²) in [6.07, 6.45) is 7.64. The fourth-order valence-electron chi connectivity index (χ4n) is 4.64. The van der Waals surface area contributed by atoms with Crippen molar-refractivity contribution in [3.8, 4) is 5.75 Å². The molecule has 37 heavy (non-hydrogen) atoms. The van der Waals surface area contributed by atoms with Crippen LogP contribution in [0.2, 0.25) is 0 Å². The number of aromatic nitrogens is 4. The zero-order chi connectivity index (χ0) is 26.0. The summed E-state index contributed by atoms with van der Waals surface area (Å²) in [5.41, 5.74) is 3.22. The van der Waals surface area contributed by atoms with E-state index in [9.17, 15) is 15.0 Å². The molecule has 0 spiro atoms. The number of aliphatic carboxylic acids is 1. The first-order valence-corrected chi connectivity index (χ1v) is 12.5. The first-order chi connectivity index (χ1) is 17.8. The van der Waals surface area contributed by atoms with Gasteiger partial charge in [0.15, 0.2) is 0 Å². The van der Waals surface area contributed by atoms with Crippen LogP contribution in [0.25, 0.3) is 10.9 Å². The van der Waals surface area contributed by atoms with E-state index in [2.05, 4.69) is 27.5 Å². The zero-order valence-corrected chi connectivity index (χ0v) is 21.0. The molecule has 0 saturated carbocycles. The van der Waals surface area contributed by atoms with Crippen LogP contribution in [0.3, 0.4) is 0 Å². The van der Waals surface area contributed by atoms with Gasteiger partial charge < -0.3 is 20.3 Å². The normalized spacial score (nSPS) is 14.1. The molecule has 1 atom stereocenters. The van der Waals surface area contributed by atoms with E-state index < -0.39 is 17.6 Å². The molecule has 1 aliphatic heterocycles. The van der Waals surface area contributed by atoms with Gasteiger partial charge in [0.25, 0.3) is 0 Å². The van der Waals surface area contributed by atoms with Gasteiger partial charge in [0.1, 0.15) is 11.6 Å². The Kier molecular flexibility index (Phi) is 6.80. The predicted molar refractivity (Wildman–Crippen MR) is 140 cm³/mol. The number of anilines is 1. The van der Waals surface area contributed by atoms with Gasteiger partial charge in [0.2, 0.25) is 0 Å². The first-order valence-electron chi connectivity index (χ1n) is 12.5. The highest BCUT2D eigenvalue weighted by Crippen LogP contribution is 2.30. The topological polar surface area (TPSA) is 122 Å². The molecule has 3 N–H and O–H groups in total. The van der Waals surface area contributed by atoms with E-state index in [0.29, 0.717) is 29.9 Å². The molecular formula is C28H31N5O4. The summed E-state index contributed by atoms with van der Waals surface area (Å²) < 4.78 is 7.70. The van der Waals surface area contributed by atoms with Crippen LogP contribution in [-0.2, 0) is 23.2 Å². The minimum absolute atomic E-state index is 0.172. The van der Waals surface area contributed by atoms with Crippen LogP contribution in [0.1, 0.15) is 55.1 Å². The Balaban J connectivity index is 1.33. The maximum absolute atomic E-state index is 11.7. The SMILES string of the molecule is CC(C)(O)c1cncc([C@@H](CC(=O)O)n2ncc3cc(OCCc4ccc5c(n4)NCCC5)ccc32)c1. The molecule has 0 bridgehead atoms. The number of ether oxygens (including phenoxy) is 1. The number of fused-ring (bicyclic) bond motifs is 2. The predicted octanol–water partition coefficient (Wildman–Crippen LogP) is 4.10. The van der Waals surface area contributed by atoms with Crippen molar-refractivity contribution in [2.45, 2.75) is 51.2 Å². The number of aryl methyl sites for hydroxylation is 1. The molecule has 0 fully saturated rings. The first kappa shape index (κ1) is 24.7. The number of aliphatic hydroxyl groups is 1. The molecule has 1 aliphatic rings. The van der Waals surface area contributed by atoms with E-state index in [1.54, 1.807) is 43.2 Å². The third kappa shape index (κ3) is 5.56. The molecule has 1 aromatic carbocycles. The number of nitrogens with zero attached hydrogens (tertiary/aromatic N) is 4. The van der Waals surface area contributed by atoms with Gasteiger partial charge in [0, 0.05) is 42.0 Å². The van der Waals surface area contributed by atoms with Gasteiger partial charge in [-0.1, -0.05) is 6.07 Å². The van der Waals surface area contributed by atoms with Crippen LogP contribution in [0, 0.1) is 0 Å². The van der Waals surface area contributed by atoms with Gasteiger partial charge in [-0.3, -0.25) is 14.5 Å². The van der Waals surface area contributed by atoms with Crippen molar-refractivity contribution in [2.24, 2.45) is 0 Å². The van der Waals surface area contributed by atoms with Gasteiger partial charge in [0.05, 0.1) is 36.4 Å². The van der Waals surface area contributed by atoms with Crippen LogP contribution >= 0.6 is 0 Å². The van der Waals surface area contributed by atoms with Gasteiger partial charge in [-0.05, 0) is 68.1 Å². The lowest BCUT2D eigenvalue weighted by Crippen LogP contribution is -2.20. The van der Waals surface area contributed by atoms with E-state index in [1.807, 2.05) is 18.2 Å². The average Bonchev–Trinajstić information content (AvgIpc) is 3.30. The van der Waals surface area contributed by atoms with Crippen LogP contribution in [0.5, 0.6) is 5.75 Å². The standard InChI is InChI=1S/C28H31N5O4/c1-28(2,36)21-12-19(15-29-17-21)25(14-26(34)35)33-24-8-7-23(13-20(24)16-31-33)37-11-9-22-6-5-18-4-3-10-30-27(18)32-22/h5-8,12-13,15-17,25,36H,3-4,9-11,14H2,1-2H3,(H,30,32)(H,34,35)/t25-/m1/s1. The average molecular weight is 502 g/mol. The van der Waals surface area contributed by atoms with E-state index in [4.69, 9.17) is 9.72 Å². The second kappa shape index (κ2) is 10.2. The molecule has 5 rings (SSSR count). The van der Waals surface area contributed by atoms with Gasteiger partial charge in [-0.15, -0.1) is 0 Å². The molecule has 0 unspecified atom stereocenters. The van der Waals surface area contributed by atoms with E-state index in [-0.39, 0.29) is 6.42 Å². The number of carbonyl (C=O) groups is 1. The summed E-state index contributed by atoms with van der Waals surface area (Å²) in [7, 11) is 0. The summed E-state index contributed by atoms with van der Waals surface area (Å²) >= 11 is 0. The van der Waals surface area contributed by atoms with Crippen molar-refractivity contribution in [1.29, 1.82) is 0 Å². The quantitative estimate of drug-likeness (QED) is 0.313. The number of hydrogen-bond acceptors (Lipinski definition) is 7. The highest BCUT2D eigenvalue weighted by molar-refractivity contribution is 5.81. The van der Waals surface area contributed by atoms with Crippen molar-refractivity contribution in [2.75, 3.05) is 18.5 Å². The van der Waals surface area contributed by atoms with Crippen molar-refractivity contribution >= 4 is 22.7 Å². The summed E-state index contributed by atoms with van der Waals surface area (Å²) in [5.74, 6) is 0.744. The number of rotatable bonds is 9. The fraction of sp³-hybridized carbons (Fsp3) is 0.357. The van der Waals surface area contributed by atoms with Crippen molar-refractivity contribution in [3.63, 3.8) is 0 Å². The number of hydrogen-bond donors (Lipinski definition) is 3. The summed E-state index contributed by atoms with van der Waals surface area (Å²) in [5, 5.41) is 28.7. The molecule has 4 heterocycles.